The number of aliphatic hydroxyl groups is 1. The Kier molecular flexibility index (Phi) is 3.53. The lowest BCUT2D eigenvalue weighted by atomic mass is 10.1. The van der Waals surface area contributed by atoms with Crippen LogP contribution in [0.25, 0.3) is 0 Å². The average Bonchev–Trinajstić information content (AvgIpc) is 2.87. The van der Waals surface area contributed by atoms with Crippen molar-refractivity contribution in [3.05, 3.63) is 26.9 Å². The van der Waals surface area contributed by atoms with Crippen LogP contribution in [0.4, 0.5) is 0 Å². The lowest BCUT2D eigenvalue weighted by Gasteiger charge is -2.25. The fourth-order valence-corrected chi connectivity index (χ4v) is 3.05. The predicted molar refractivity (Wildman–Crippen MR) is 75.4 cm³/mol. The van der Waals surface area contributed by atoms with Gasteiger partial charge in [-0.25, -0.2) is 0 Å². The Balaban J connectivity index is 2.01. The zero-order chi connectivity index (χ0) is 15.4. The summed E-state index contributed by atoms with van der Waals surface area (Å²) < 4.78 is 19.4. The van der Waals surface area contributed by atoms with Gasteiger partial charge < -0.3 is 19.3 Å². The van der Waals surface area contributed by atoms with Crippen LogP contribution in [0.15, 0.2) is 11.0 Å². The van der Waals surface area contributed by atoms with E-state index in [1.165, 1.54) is 0 Å². The summed E-state index contributed by atoms with van der Waals surface area (Å²) in [4.78, 5) is 14.2. The zero-order valence-corrected chi connectivity index (χ0v) is 12.8. The molecule has 2 saturated heterocycles. The molecule has 3 rings (SSSR count). The fraction of sp³-hybridized carbons (Fsp3) is 0.692. The van der Waals surface area contributed by atoms with Crippen molar-refractivity contribution in [2.24, 2.45) is 0 Å². The molecular formula is C13H18N2O5S. The highest BCUT2D eigenvalue weighted by molar-refractivity contribution is 7.71. The number of aromatic nitrogens is 2. The summed E-state index contributed by atoms with van der Waals surface area (Å²) in [6.45, 7) is 5.14. The second-order valence-corrected chi connectivity index (χ2v) is 6.18. The van der Waals surface area contributed by atoms with Gasteiger partial charge in [-0.15, -0.1) is 0 Å². The molecular weight excluding hydrogens is 296 g/mol. The third-order valence-corrected chi connectivity index (χ3v) is 4.04. The molecule has 2 aliphatic heterocycles. The maximum atomic E-state index is 11.6. The van der Waals surface area contributed by atoms with Gasteiger partial charge in [0.25, 0.3) is 5.56 Å². The summed E-state index contributed by atoms with van der Waals surface area (Å²) >= 11 is 5.20. The van der Waals surface area contributed by atoms with E-state index in [4.69, 9.17) is 26.4 Å². The van der Waals surface area contributed by atoms with Crippen LogP contribution in [0.2, 0.25) is 0 Å². The number of hydrogen-bond donors (Lipinski definition) is 2. The summed E-state index contributed by atoms with van der Waals surface area (Å²) in [5.74, 6) is -0.746. The lowest BCUT2D eigenvalue weighted by Crippen LogP contribution is -2.31. The third-order valence-electron chi connectivity index (χ3n) is 3.73. The molecule has 0 aliphatic carbocycles. The van der Waals surface area contributed by atoms with Crippen molar-refractivity contribution in [2.45, 2.75) is 51.1 Å². The summed E-state index contributed by atoms with van der Waals surface area (Å²) in [5, 5.41) is 9.46. The first kappa shape index (κ1) is 14.9. The minimum absolute atomic E-state index is 0.174. The van der Waals surface area contributed by atoms with Crippen LogP contribution in [0.1, 0.15) is 25.6 Å². The van der Waals surface area contributed by atoms with E-state index in [1.54, 1.807) is 17.7 Å². The standard InChI is InChI=1S/C13H18N2O5S/c1-6-4-15(12(21)14-10(6)17)11-9-8(7(5-16)18-11)19-13(2,3)20-9/h4,7-9,11,16H,5H2,1-3H3,(H,14,17,21). The molecule has 0 saturated carbocycles. The highest BCUT2D eigenvalue weighted by Crippen LogP contribution is 2.42. The number of ether oxygens (including phenoxy) is 3. The molecule has 4 atom stereocenters. The molecule has 4 unspecified atom stereocenters. The van der Waals surface area contributed by atoms with Gasteiger partial charge in [0, 0.05) is 11.8 Å². The van der Waals surface area contributed by atoms with Crippen LogP contribution in [0.3, 0.4) is 0 Å². The van der Waals surface area contributed by atoms with Crippen molar-refractivity contribution >= 4 is 12.2 Å². The van der Waals surface area contributed by atoms with E-state index in [2.05, 4.69) is 4.98 Å². The average molecular weight is 314 g/mol. The molecule has 1 aromatic rings. The van der Waals surface area contributed by atoms with Crippen LogP contribution >= 0.6 is 12.2 Å². The molecule has 2 fully saturated rings. The molecule has 2 N–H and O–H groups in total. The van der Waals surface area contributed by atoms with Crippen molar-refractivity contribution in [3.8, 4) is 0 Å². The monoisotopic (exact) mass is 314 g/mol. The lowest BCUT2D eigenvalue weighted by molar-refractivity contribution is -0.200. The Morgan fingerprint density at radius 2 is 2.10 bits per heavy atom. The number of aromatic amines is 1. The molecule has 0 bridgehead atoms. The number of aliphatic hydroxyl groups excluding tert-OH is 1. The second-order valence-electron chi connectivity index (χ2n) is 5.79. The van der Waals surface area contributed by atoms with Crippen LogP contribution in [-0.2, 0) is 14.2 Å². The molecule has 7 nitrogen and oxygen atoms in total. The largest absolute Gasteiger partial charge is 0.394 e. The highest BCUT2D eigenvalue weighted by atomic mass is 32.1. The van der Waals surface area contributed by atoms with Gasteiger partial charge >= 0.3 is 0 Å². The van der Waals surface area contributed by atoms with E-state index >= 15 is 0 Å². The van der Waals surface area contributed by atoms with E-state index in [9.17, 15) is 9.90 Å². The number of fused-ring (bicyclic) bond motifs is 1. The van der Waals surface area contributed by atoms with Gasteiger partial charge in [0.1, 0.15) is 18.3 Å². The predicted octanol–water partition coefficient (Wildman–Crippen LogP) is 0.624. The molecule has 0 amide bonds. The fourth-order valence-electron chi connectivity index (χ4n) is 2.81. The Bertz CT molecular complexity index is 667. The van der Waals surface area contributed by atoms with Crippen molar-refractivity contribution in [1.29, 1.82) is 0 Å². The van der Waals surface area contributed by atoms with E-state index in [0.717, 1.165) is 0 Å². The summed E-state index contributed by atoms with van der Waals surface area (Å²) in [5.41, 5.74) is 0.294. The number of rotatable bonds is 2. The normalized spacial score (nSPS) is 34.1. The zero-order valence-electron chi connectivity index (χ0n) is 12.0. The Labute approximate surface area is 126 Å². The van der Waals surface area contributed by atoms with E-state index in [-0.39, 0.29) is 23.0 Å². The number of H-pyrrole nitrogens is 1. The van der Waals surface area contributed by atoms with Crippen LogP contribution in [-0.4, -0.2) is 45.4 Å². The molecule has 1 aromatic heterocycles. The van der Waals surface area contributed by atoms with Crippen LogP contribution in [0.5, 0.6) is 0 Å². The quantitative estimate of drug-likeness (QED) is 0.779. The Hall–Kier alpha value is -1.06. The summed E-state index contributed by atoms with van der Waals surface area (Å²) in [7, 11) is 0. The van der Waals surface area contributed by atoms with Crippen LogP contribution < -0.4 is 5.56 Å². The molecule has 0 spiro atoms. The van der Waals surface area contributed by atoms with Gasteiger partial charge in [0.05, 0.1) is 6.61 Å². The first-order valence-corrected chi connectivity index (χ1v) is 7.17. The molecule has 8 heteroatoms. The minimum Gasteiger partial charge on any atom is -0.394 e. The van der Waals surface area contributed by atoms with E-state index < -0.39 is 24.2 Å². The first-order valence-electron chi connectivity index (χ1n) is 6.76. The van der Waals surface area contributed by atoms with Crippen molar-refractivity contribution in [2.75, 3.05) is 6.61 Å². The number of hydrogen-bond acceptors (Lipinski definition) is 6. The highest BCUT2D eigenvalue weighted by Gasteiger charge is 2.55. The van der Waals surface area contributed by atoms with Crippen molar-refractivity contribution in [1.82, 2.24) is 9.55 Å². The number of aryl methyl sites for hydroxylation is 1. The Morgan fingerprint density at radius 3 is 2.76 bits per heavy atom. The number of nitrogens with one attached hydrogen (secondary N) is 1. The van der Waals surface area contributed by atoms with Crippen LogP contribution in [0, 0.1) is 11.7 Å². The third kappa shape index (κ3) is 2.47. The topological polar surface area (TPSA) is 85.7 Å². The first-order chi connectivity index (χ1) is 9.82. The smallest absolute Gasteiger partial charge is 0.254 e. The van der Waals surface area contributed by atoms with Gasteiger partial charge in [0.2, 0.25) is 0 Å². The second kappa shape index (κ2) is 4.99. The van der Waals surface area contributed by atoms with E-state index in [1.807, 2.05) is 13.8 Å². The molecule has 2 aliphatic rings. The SMILES string of the molecule is Cc1cn(C2OC(CO)C3OC(C)(C)OC32)c(=S)[nH]c1=O. The van der Waals surface area contributed by atoms with Crippen molar-refractivity contribution in [3.63, 3.8) is 0 Å². The van der Waals surface area contributed by atoms with Gasteiger partial charge in [0.15, 0.2) is 16.8 Å². The van der Waals surface area contributed by atoms with Gasteiger partial charge in [-0.1, -0.05) is 0 Å². The van der Waals surface area contributed by atoms with Gasteiger partial charge in [-0.3, -0.25) is 14.3 Å². The summed E-state index contributed by atoms with van der Waals surface area (Å²) in [6.07, 6.45) is -0.164. The molecule has 0 radical (unpaired) electrons. The maximum absolute atomic E-state index is 11.6. The molecule has 3 heterocycles. The Morgan fingerprint density at radius 1 is 1.43 bits per heavy atom. The van der Waals surface area contributed by atoms with Gasteiger partial charge in [-0.2, -0.15) is 0 Å². The van der Waals surface area contributed by atoms with E-state index in [0.29, 0.717) is 5.56 Å². The minimum atomic E-state index is -0.746. The molecule has 21 heavy (non-hydrogen) atoms. The molecule has 116 valence electrons. The van der Waals surface area contributed by atoms with Crippen molar-refractivity contribution < 1.29 is 19.3 Å². The molecule has 0 aromatic carbocycles. The number of nitrogens with zero attached hydrogens (tertiary/aromatic N) is 1. The van der Waals surface area contributed by atoms with Gasteiger partial charge in [-0.05, 0) is 33.0 Å². The summed E-state index contributed by atoms with van der Waals surface area (Å²) in [6, 6.07) is 0. The maximum Gasteiger partial charge on any atom is 0.254 e.